The van der Waals surface area contributed by atoms with Gasteiger partial charge in [-0.1, -0.05) is 13.2 Å². The summed E-state index contributed by atoms with van der Waals surface area (Å²) >= 11 is 0. The van der Waals surface area contributed by atoms with Gasteiger partial charge in [0, 0.05) is 31.9 Å². The van der Waals surface area contributed by atoms with Crippen molar-refractivity contribution in [3.8, 4) is 0 Å². The summed E-state index contributed by atoms with van der Waals surface area (Å²) in [4.78, 5) is 0. The van der Waals surface area contributed by atoms with Crippen LogP contribution in [0.2, 0.25) is 6.32 Å². The largest absolute Gasteiger partial charge is 0.0923 e. The molecule has 0 amide bonds. The van der Waals surface area contributed by atoms with E-state index in [4.69, 9.17) is 7.74 Å². The molecule has 0 saturated carbocycles. The third-order valence-corrected chi connectivity index (χ3v) is 0.372. The van der Waals surface area contributed by atoms with Gasteiger partial charge in [0.05, 0.1) is 7.17 Å². The van der Waals surface area contributed by atoms with Crippen LogP contribution in [0.1, 0.15) is 6.92 Å². The molecule has 29 valence electrons. The molecule has 0 bridgehead atoms. The normalized spacial score (nSPS) is 5.50. The molecule has 0 nitrogen and oxygen atoms in total. The van der Waals surface area contributed by atoms with Crippen molar-refractivity contribution in [2.45, 2.75) is 13.2 Å². The predicted molar refractivity (Wildman–Crippen MR) is 27.7 cm³/mol. The number of rotatable bonds is 2. The molecule has 6 heavy (non-hydrogen) atoms. The Morgan fingerprint density at radius 1 is 1.67 bits per heavy atom. The molecular formula is C2H5B3Mn. The minimum atomic E-state index is 0. The van der Waals surface area contributed by atoms with Gasteiger partial charge in [0.15, 0.2) is 0 Å². The Hall–Kier alpha value is 0.714. The van der Waals surface area contributed by atoms with Crippen molar-refractivity contribution in [1.29, 1.82) is 0 Å². The average molecular weight is 116 g/mol. The van der Waals surface area contributed by atoms with Crippen molar-refractivity contribution in [3.63, 3.8) is 0 Å². The molecule has 0 spiro atoms. The van der Waals surface area contributed by atoms with Crippen LogP contribution in [0, 0.1) is 0 Å². The number of hydrogen-bond donors (Lipinski definition) is 0. The maximum Gasteiger partial charge on any atom is 0.0541 e. The van der Waals surface area contributed by atoms with E-state index in [9.17, 15) is 0 Å². The van der Waals surface area contributed by atoms with Crippen LogP contribution in [0.4, 0.5) is 0 Å². The second-order valence-corrected chi connectivity index (χ2v) is 0.836. The minimum absolute atomic E-state index is 0. The van der Waals surface area contributed by atoms with Gasteiger partial charge in [0.1, 0.15) is 0 Å². The molecule has 0 aliphatic carbocycles. The van der Waals surface area contributed by atoms with Gasteiger partial charge in [-0.25, -0.2) is 0 Å². The molecule has 0 aromatic rings. The van der Waals surface area contributed by atoms with Gasteiger partial charge in [-0.05, 0) is 0 Å². The third-order valence-electron chi connectivity index (χ3n) is 0.372. The van der Waals surface area contributed by atoms with Crippen molar-refractivity contribution in [2.75, 3.05) is 0 Å². The molecule has 0 fully saturated rings. The molecule has 0 atom stereocenters. The Bertz CT molecular complexity index is 16.3. The van der Waals surface area contributed by atoms with Gasteiger partial charge in [-0.3, -0.25) is 0 Å². The van der Waals surface area contributed by atoms with Gasteiger partial charge < -0.3 is 0 Å². The summed E-state index contributed by atoms with van der Waals surface area (Å²) in [6.45, 7) is 2.04. The Balaban J connectivity index is 0. The second kappa shape index (κ2) is 9.21. The summed E-state index contributed by atoms with van der Waals surface area (Å²) in [5.74, 6) is 0. The molecule has 0 saturated heterocycles. The molecule has 0 N–H and O–H groups in total. The Morgan fingerprint density at radius 2 is 2.17 bits per heavy atom. The first kappa shape index (κ1) is 9.86. The fourth-order valence-corrected chi connectivity index (χ4v) is 0.136. The predicted octanol–water partition coefficient (Wildman–Crippen LogP) is -0.171. The summed E-state index contributed by atoms with van der Waals surface area (Å²) in [6, 6.07) is 0. The molecule has 0 heterocycles. The van der Waals surface area contributed by atoms with Crippen molar-refractivity contribution in [1.82, 2.24) is 0 Å². The molecule has 0 aromatic carbocycles. The Morgan fingerprint density at radius 3 is 2.17 bits per heavy atom. The zero-order chi connectivity index (χ0) is 4.12. The van der Waals surface area contributed by atoms with E-state index in [0.29, 0.717) is 0 Å². The fourth-order valence-electron chi connectivity index (χ4n) is 0.136. The summed E-state index contributed by atoms with van der Waals surface area (Å²) in [6.07, 6.45) is 1.04. The van der Waals surface area contributed by atoms with Crippen molar-refractivity contribution in [3.05, 3.63) is 0 Å². The van der Waals surface area contributed by atoms with Gasteiger partial charge in [-0.2, -0.15) is 0 Å². The van der Waals surface area contributed by atoms with Gasteiger partial charge in [0.2, 0.25) is 0 Å². The second-order valence-electron chi connectivity index (χ2n) is 0.836. The van der Waals surface area contributed by atoms with Crippen molar-refractivity contribution in [2.24, 2.45) is 0 Å². The van der Waals surface area contributed by atoms with E-state index in [2.05, 4.69) is 0 Å². The summed E-state index contributed by atoms with van der Waals surface area (Å²) in [7, 11) is 8.42. The average Bonchev–Trinajstić information content (AvgIpc) is 1.41. The molecule has 4 heteroatoms. The molecular weight excluding hydrogens is 111 g/mol. The molecule has 0 aliphatic rings. The van der Waals surface area contributed by atoms with E-state index in [1.54, 1.807) is 7.06 Å². The van der Waals surface area contributed by atoms with E-state index in [1.165, 1.54) is 0 Å². The zero-order valence-electron chi connectivity index (χ0n) is 3.82. The molecule has 0 aromatic heterocycles. The molecule has 5 radical (unpaired) electrons. The quantitative estimate of drug-likeness (QED) is 0.440. The smallest absolute Gasteiger partial charge is 0.0541 e. The zero-order valence-corrected chi connectivity index (χ0v) is 5.00. The molecule has 0 rings (SSSR count). The van der Waals surface area contributed by atoms with E-state index >= 15 is 0 Å². The summed E-state index contributed by atoms with van der Waals surface area (Å²) in [5, 5.41) is 0. The monoisotopic (exact) mass is 117 g/mol. The SMILES string of the molecule is [B][B][B]CC.[Mn]. The minimum Gasteiger partial charge on any atom is -0.0923 e. The van der Waals surface area contributed by atoms with Crippen LogP contribution in [0.15, 0.2) is 0 Å². The van der Waals surface area contributed by atoms with Crippen molar-refractivity contribution >= 4 is 22.0 Å². The first-order valence-corrected chi connectivity index (χ1v) is 1.78. The summed E-state index contributed by atoms with van der Waals surface area (Å²) in [5.41, 5.74) is 0. The van der Waals surface area contributed by atoms with Crippen LogP contribution in [-0.2, 0) is 17.1 Å². The molecule has 0 aliphatic heterocycles. The fraction of sp³-hybridized carbons (Fsp3) is 1.00. The van der Waals surface area contributed by atoms with Gasteiger partial charge >= 0.3 is 0 Å². The first-order chi connectivity index (χ1) is 2.41. The van der Waals surface area contributed by atoms with E-state index in [-0.39, 0.29) is 17.1 Å². The van der Waals surface area contributed by atoms with Crippen LogP contribution in [0.5, 0.6) is 0 Å². The van der Waals surface area contributed by atoms with Gasteiger partial charge in [0.25, 0.3) is 0 Å². The number of hydrogen-bond acceptors (Lipinski definition) is 0. The van der Waals surface area contributed by atoms with Crippen LogP contribution in [0.3, 0.4) is 0 Å². The molecule has 0 unspecified atom stereocenters. The third kappa shape index (κ3) is 8.83. The van der Waals surface area contributed by atoms with Crippen molar-refractivity contribution < 1.29 is 17.1 Å². The van der Waals surface area contributed by atoms with Crippen LogP contribution in [0.25, 0.3) is 0 Å². The van der Waals surface area contributed by atoms with Crippen LogP contribution in [-0.4, -0.2) is 22.0 Å². The standard InChI is InChI=1S/C2H5B3.Mn/c1-2-4-5-3;/h2H2,1H3;. The van der Waals surface area contributed by atoms with E-state index < -0.39 is 0 Å². The Labute approximate surface area is 52.8 Å². The first-order valence-electron chi connectivity index (χ1n) is 1.78. The van der Waals surface area contributed by atoms with Crippen LogP contribution >= 0.6 is 0 Å². The van der Waals surface area contributed by atoms with E-state index in [0.717, 1.165) is 6.32 Å². The maximum atomic E-state index is 4.96. The maximum absolute atomic E-state index is 4.96. The van der Waals surface area contributed by atoms with Crippen LogP contribution < -0.4 is 0 Å². The summed E-state index contributed by atoms with van der Waals surface area (Å²) < 4.78 is 0. The van der Waals surface area contributed by atoms with Gasteiger partial charge in [-0.15, -0.1) is 0 Å². The Kier molecular flexibility index (Phi) is 15.1. The topological polar surface area (TPSA) is 0 Å². The van der Waals surface area contributed by atoms with E-state index in [1.807, 2.05) is 14.1 Å².